The molecule has 0 atom stereocenters. The highest BCUT2D eigenvalue weighted by Crippen LogP contribution is 2.22. The van der Waals surface area contributed by atoms with Gasteiger partial charge in [-0.05, 0) is 48.9 Å². The largest absolute Gasteiger partial charge is 0.494 e. The summed E-state index contributed by atoms with van der Waals surface area (Å²) in [5, 5.41) is 18.0. The van der Waals surface area contributed by atoms with E-state index < -0.39 is 29.6 Å². The van der Waals surface area contributed by atoms with Crippen LogP contribution in [-0.2, 0) is 11.3 Å². The zero-order chi connectivity index (χ0) is 17.0. The van der Waals surface area contributed by atoms with Gasteiger partial charge in [0.15, 0.2) is 0 Å². The number of aromatic carboxylic acids is 1. The van der Waals surface area contributed by atoms with Gasteiger partial charge in [0.1, 0.15) is 17.9 Å². The minimum absolute atomic E-state index is 0.324. The van der Waals surface area contributed by atoms with Crippen molar-refractivity contribution in [3.8, 4) is 17.0 Å². The summed E-state index contributed by atoms with van der Waals surface area (Å²) < 4.78 is 6.26. The third-order valence-electron chi connectivity index (χ3n) is 3.16. The summed E-state index contributed by atoms with van der Waals surface area (Å²) in [5.74, 6) is -1.99. The Morgan fingerprint density at radius 3 is 2.26 bits per heavy atom. The van der Waals surface area contributed by atoms with Crippen LogP contribution in [-0.4, -0.2) is 33.3 Å². The van der Waals surface area contributed by atoms with Gasteiger partial charge in [-0.25, -0.2) is 4.79 Å². The molecule has 7 nitrogen and oxygen atoms in total. The molecule has 2 aromatic rings. The Labute approximate surface area is 131 Å². The minimum atomic E-state index is -1.40. The van der Waals surface area contributed by atoms with Crippen LogP contribution >= 0.6 is 0 Å². The normalized spacial score (nSPS) is 10.3. The highest BCUT2D eigenvalue weighted by molar-refractivity contribution is 5.87. The molecule has 0 saturated heterocycles. The van der Waals surface area contributed by atoms with Crippen molar-refractivity contribution < 1.29 is 24.5 Å². The topological polar surface area (TPSA) is 106 Å². The number of ether oxygens (including phenoxy) is 1. The maximum absolute atomic E-state index is 12.2. The molecule has 1 aromatic carbocycles. The fraction of sp³-hybridized carbons (Fsp3) is 0.188. The monoisotopic (exact) mass is 317 g/mol. The second kappa shape index (κ2) is 6.78. The molecule has 0 spiro atoms. The number of benzene rings is 1. The van der Waals surface area contributed by atoms with Crippen LogP contribution in [0.2, 0.25) is 0 Å². The number of hydrogen-bond acceptors (Lipinski definition) is 4. The van der Waals surface area contributed by atoms with E-state index in [0.717, 1.165) is 4.57 Å². The molecule has 0 bridgehead atoms. The van der Waals surface area contributed by atoms with Crippen molar-refractivity contribution in [3.05, 3.63) is 52.3 Å². The zero-order valence-electron chi connectivity index (χ0n) is 12.4. The van der Waals surface area contributed by atoms with Gasteiger partial charge in [0.2, 0.25) is 0 Å². The highest BCUT2D eigenvalue weighted by Gasteiger charge is 2.16. The van der Waals surface area contributed by atoms with E-state index in [1.807, 2.05) is 6.92 Å². The molecular weight excluding hydrogens is 302 g/mol. The average Bonchev–Trinajstić information content (AvgIpc) is 2.50. The molecule has 0 unspecified atom stereocenters. The van der Waals surface area contributed by atoms with Gasteiger partial charge in [-0.1, -0.05) is 0 Å². The smallest absolute Gasteiger partial charge is 0.341 e. The van der Waals surface area contributed by atoms with Crippen LogP contribution in [0.1, 0.15) is 17.3 Å². The Bertz CT molecular complexity index is 791. The summed E-state index contributed by atoms with van der Waals surface area (Å²) >= 11 is 0. The molecule has 120 valence electrons. The van der Waals surface area contributed by atoms with Gasteiger partial charge >= 0.3 is 11.9 Å². The van der Waals surface area contributed by atoms with E-state index in [9.17, 15) is 14.4 Å². The summed E-state index contributed by atoms with van der Waals surface area (Å²) in [6, 6.07) is 9.34. The van der Waals surface area contributed by atoms with Crippen LogP contribution in [0.25, 0.3) is 11.3 Å². The van der Waals surface area contributed by atoms with Crippen LogP contribution in [0.5, 0.6) is 5.75 Å². The maximum atomic E-state index is 12.2. The molecule has 7 heteroatoms. The van der Waals surface area contributed by atoms with Crippen molar-refractivity contribution in [3.63, 3.8) is 0 Å². The summed E-state index contributed by atoms with van der Waals surface area (Å²) in [6.07, 6.45) is 0. The fourth-order valence-electron chi connectivity index (χ4n) is 2.17. The van der Waals surface area contributed by atoms with Gasteiger partial charge in [0.25, 0.3) is 5.56 Å². The predicted octanol–water partition coefficient (Wildman–Crippen LogP) is 1.70. The first-order valence-corrected chi connectivity index (χ1v) is 6.86. The fourth-order valence-corrected chi connectivity index (χ4v) is 2.17. The molecule has 0 radical (unpaired) electrons. The average molecular weight is 317 g/mol. The quantitative estimate of drug-likeness (QED) is 0.840. The van der Waals surface area contributed by atoms with E-state index in [-0.39, 0.29) is 0 Å². The van der Waals surface area contributed by atoms with Gasteiger partial charge in [-0.15, -0.1) is 0 Å². The van der Waals surface area contributed by atoms with E-state index in [4.69, 9.17) is 14.9 Å². The molecule has 0 amide bonds. The molecule has 0 aliphatic heterocycles. The van der Waals surface area contributed by atoms with Gasteiger partial charge in [0, 0.05) is 0 Å². The minimum Gasteiger partial charge on any atom is -0.494 e. The molecule has 0 saturated carbocycles. The van der Waals surface area contributed by atoms with E-state index in [1.165, 1.54) is 12.1 Å². The summed E-state index contributed by atoms with van der Waals surface area (Å²) in [4.78, 5) is 34.2. The predicted molar refractivity (Wildman–Crippen MR) is 81.9 cm³/mol. The molecular formula is C16H15NO6. The second-order valence-electron chi connectivity index (χ2n) is 4.68. The summed E-state index contributed by atoms with van der Waals surface area (Å²) in [6.45, 7) is 1.74. The number of rotatable bonds is 6. The number of carboxylic acids is 2. The molecule has 2 N–H and O–H groups in total. The summed E-state index contributed by atoms with van der Waals surface area (Å²) in [5.41, 5.74) is -0.415. The van der Waals surface area contributed by atoms with Crippen LogP contribution in [0, 0.1) is 0 Å². The second-order valence-corrected chi connectivity index (χ2v) is 4.68. The number of aromatic nitrogens is 1. The first-order valence-electron chi connectivity index (χ1n) is 6.86. The van der Waals surface area contributed by atoms with Gasteiger partial charge in [-0.2, -0.15) is 0 Å². The summed E-state index contributed by atoms with van der Waals surface area (Å²) in [7, 11) is 0. The first-order chi connectivity index (χ1) is 10.9. The lowest BCUT2D eigenvalue weighted by molar-refractivity contribution is -0.137. The Morgan fingerprint density at radius 1 is 1.09 bits per heavy atom. The molecule has 1 aromatic heterocycles. The number of pyridine rings is 1. The van der Waals surface area contributed by atoms with Crippen LogP contribution in [0.3, 0.4) is 0 Å². The van der Waals surface area contributed by atoms with E-state index in [0.29, 0.717) is 23.6 Å². The zero-order valence-corrected chi connectivity index (χ0v) is 12.4. The van der Waals surface area contributed by atoms with Crippen molar-refractivity contribution >= 4 is 11.9 Å². The van der Waals surface area contributed by atoms with Crippen LogP contribution in [0.4, 0.5) is 0 Å². The van der Waals surface area contributed by atoms with E-state index in [2.05, 4.69) is 0 Å². The van der Waals surface area contributed by atoms with Crippen molar-refractivity contribution in [2.75, 3.05) is 6.61 Å². The van der Waals surface area contributed by atoms with Gasteiger partial charge in [0.05, 0.1) is 12.3 Å². The lowest BCUT2D eigenvalue weighted by atomic mass is 10.1. The number of carbonyl (C=O) groups is 2. The molecule has 0 aliphatic rings. The van der Waals surface area contributed by atoms with E-state index in [1.54, 1.807) is 24.3 Å². The van der Waals surface area contributed by atoms with Crippen molar-refractivity contribution in [1.29, 1.82) is 0 Å². The third kappa shape index (κ3) is 3.57. The lowest BCUT2D eigenvalue weighted by Crippen LogP contribution is -2.30. The lowest BCUT2D eigenvalue weighted by Gasteiger charge is -2.12. The van der Waals surface area contributed by atoms with Gasteiger partial charge in [-0.3, -0.25) is 14.2 Å². The molecule has 23 heavy (non-hydrogen) atoms. The Balaban J connectivity index is 2.56. The van der Waals surface area contributed by atoms with Crippen LogP contribution < -0.4 is 10.3 Å². The molecule has 2 rings (SSSR count). The third-order valence-corrected chi connectivity index (χ3v) is 3.16. The molecule has 0 aliphatic carbocycles. The Hall–Kier alpha value is -3.09. The van der Waals surface area contributed by atoms with Crippen molar-refractivity contribution in [2.24, 2.45) is 0 Å². The Morgan fingerprint density at radius 2 is 1.74 bits per heavy atom. The number of hydrogen-bond donors (Lipinski definition) is 2. The van der Waals surface area contributed by atoms with Crippen LogP contribution in [0.15, 0.2) is 41.2 Å². The number of aliphatic carboxylic acids is 1. The van der Waals surface area contributed by atoms with E-state index >= 15 is 0 Å². The molecule has 1 heterocycles. The number of nitrogens with zero attached hydrogens (tertiary/aromatic N) is 1. The van der Waals surface area contributed by atoms with Crippen molar-refractivity contribution in [1.82, 2.24) is 4.57 Å². The maximum Gasteiger partial charge on any atom is 0.341 e. The number of carboxylic acid groups (broad SMARTS) is 2. The van der Waals surface area contributed by atoms with Gasteiger partial charge < -0.3 is 14.9 Å². The first kappa shape index (κ1) is 16.3. The molecule has 0 fully saturated rings. The van der Waals surface area contributed by atoms with Crippen molar-refractivity contribution in [2.45, 2.75) is 13.5 Å². The standard InChI is InChI=1S/C16H15NO6/c1-2-23-11-5-3-10(4-6-11)13-8-7-12(16(21)22)15(20)17(13)9-14(18)19/h3-8H,2,9H2,1H3,(H,18,19)(H,21,22). The highest BCUT2D eigenvalue weighted by atomic mass is 16.5. The Kier molecular flexibility index (Phi) is 4.80. The SMILES string of the molecule is CCOc1ccc(-c2ccc(C(=O)O)c(=O)n2CC(=O)O)cc1.